The highest BCUT2D eigenvalue weighted by molar-refractivity contribution is 7.14. The Bertz CT molecular complexity index is 913. The topological polar surface area (TPSA) is 49.3 Å². The monoisotopic (exact) mass is 382 g/mol. The van der Waals surface area contributed by atoms with Gasteiger partial charge in [-0.1, -0.05) is 0 Å². The van der Waals surface area contributed by atoms with Crippen molar-refractivity contribution in [1.29, 1.82) is 0 Å². The second-order valence-corrected chi connectivity index (χ2v) is 7.23. The van der Waals surface area contributed by atoms with Gasteiger partial charge in [-0.25, -0.2) is 9.37 Å². The van der Waals surface area contributed by atoms with Crippen LogP contribution in [0.5, 0.6) is 0 Å². The zero-order chi connectivity index (χ0) is 18.6. The first-order valence-electron chi connectivity index (χ1n) is 8.86. The van der Waals surface area contributed by atoms with Crippen LogP contribution in [0, 0.1) is 5.82 Å². The molecule has 0 unspecified atom stereocenters. The minimum Gasteiger partial charge on any atom is -0.346 e. The second-order valence-electron chi connectivity index (χ2n) is 6.39. The lowest BCUT2D eigenvalue weighted by atomic mass is 10.2. The lowest BCUT2D eigenvalue weighted by Gasteiger charge is -2.21. The fourth-order valence-corrected chi connectivity index (χ4v) is 4.04. The number of anilines is 1. The number of aromatic nitrogens is 2. The highest BCUT2D eigenvalue weighted by Crippen LogP contribution is 2.28. The molecule has 4 rings (SSSR count). The Hall–Kier alpha value is -2.80. The normalized spacial score (nSPS) is 14.9. The molecule has 2 aromatic heterocycles. The Labute approximate surface area is 161 Å². The second kappa shape index (κ2) is 7.84. The number of rotatable bonds is 3. The molecule has 1 aliphatic rings. The summed E-state index contributed by atoms with van der Waals surface area (Å²) in [6, 6.07) is 9.88. The SMILES string of the molecule is O=C(c1ccncc1)N1CCCN(c2nc(-c3ccc(F)cc3)cs2)CC1. The average Bonchev–Trinajstić information content (AvgIpc) is 3.07. The first kappa shape index (κ1) is 17.6. The highest BCUT2D eigenvalue weighted by Gasteiger charge is 2.22. The van der Waals surface area contributed by atoms with Gasteiger partial charge in [0.2, 0.25) is 0 Å². The van der Waals surface area contributed by atoms with Gasteiger partial charge in [0.25, 0.3) is 5.91 Å². The maximum Gasteiger partial charge on any atom is 0.254 e. The lowest BCUT2D eigenvalue weighted by molar-refractivity contribution is 0.0767. The van der Waals surface area contributed by atoms with Gasteiger partial charge >= 0.3 is 0 Å². The van der Waals surface area contributed by atoms with E-state index in [4.69, 9.17) is 4.98 Å². The minimum atomic E-state index is -0.249. The van der Waals surface area contributed by atoms with Gasteiger partial charge in [0.05, 0.1) is 5.69 Å². The predicted octanol–water partition coefficient (Wildman–Crippen LogP) is 3.70. The number of hydrogen-bond acceptors (Lipinski definition) is 5. The van der Waals surface area contributed by atoms with Crippen LogP contribution in [0.3, 0.4) is 0 Å². The number of amides is 1. The Morgan fingerprint density at radius 3 is 2.56 bits per heavy atom. The Kier molecular flexibility index (Phi) is 5.11. The van der Waals surface area contributed by atoms with Crippen LogP contribution in [0.25, 0.3) is 11.3 Å². The van der Waals surface area contributed by atoms with Crippen LogP contribution in [0.2, 0.25) is 0 Å². The van der Waals surface area contributed by atoms with Crippen molar-refractivity contribution in [1.82, 2.24) is 14.9 Å². The van der Waals surface area contributed by atoms with Crippen molar-refractivity contribution < 1.29 is 9.18 Å². The van der Waals surface area contributed by atoms with E-state index in [0.717, 1.165) is 42.4 Å². The molecule has 1 amide bonds. The van der Waals surface area contributed by atoms with Gasteiger partial charge in [-0.05, 0) is 42.8 Å². The average molecular weight is 382 g/mol. The summed E-state index contributed by atoms with van der Waals surface area (Å²) in [5, 5.41) is 2.93. The van der Waals surface area contributed by atoms with E-state index < -0.39 is 0 Å². The molecule has 27 heavy (non-hydrogen) atoms. The highest BCUT2D eigenvalue weighted by atomic mass is 32.1. The van der Waals surface area contributed by atoms with Gasteiger partial charge in [-0.2, -0.15) is 0 Å². The summed E-state index contributed by atoms with van der Waals surface area (Å²) >= 11 is 1.58. The van der Waals surface area contributed by atoms with E-state index in [-0.39, 0.29) is 11.7 Å². The van der Waals surface area contributed by atoms with Crippen molar-refractivity contribution >= 4 is 22.4 Å². The smallest absolute Gasteiger partial charge is 0.254 e. The van der Waals surface area contributed by atoms with Gasteiger partial charge in [-0.15, -0.1) is 11.3 Å². The molecule has 5 nitrogen and oxygen atoms in total. The van der Waals surface area contributed by atoms with Crippen LogP contribution in [0.1, 0.15) is 16.8 Å². The van der Waals surface area contributed by atoms with Gasteiger partial charge in [0, 0.05) is 55.1 Å². The third-order valence-electron chi connectivity index (χ3n) is 4.61. The summed E-state index contributed by atoms with van der Waals surface area (Å²) < 4.78 is 13.1. The largest absolute Gasteiger partial charge is 0.346 e. The van der Waals surface area contributed by atoms with Crippen molar-refractivity contribution in [3.63, 3.8) is 0 Å². The molecule has 1 aromatic carbocycles. The molecule has 0 radical (unpaired) electrons. The third-order valence-corrected chi connectivity index (χ3v) is 5.51. The van der Waals surface area contributed by atoms with Gasteiger partial charge in [0.1, 0.15) is 5.82 Å². The Morgan fingerprint density at radius 2 is 1.78 bits per heavy atom. The fraction of sp³-hybridized carbons (Fsp3) is 0.250. The van der Waals surface area contributed by atoms with Crippen LogP contribution < -0.4 is 4.90 Å². The van der Waals surface area contributed by atoms with Gasteiger partial charge < -0.3 is 9.80 Å². The van der Waals surface area contributed by atoms with Crippen LogP contribution in [0.4, 0.5) is 9.52 Å². The van der Waals surface area contributed by atoms with E-state index in [1.807, 2.05) is 10.3 Å². The molecule has 3 aromatic rings. The van der Waals surface area contributed by atoms with Crippen LogP contribution in [0.15, 0.2) is 54.2 Å². The quantitative estimate of drug-likeness (QED) is 0.693. The molecule has 0 bridgehead atoms. The number of thiazole rings is 1. The van der Waals surface area contributed by atoms with Crippen molar-refractivity contribution in [3.05, 3.63) is 65.6 Å². The van der Waals surface area contributed by atoms with Gasteiger partial charge in [0.15, 0.2) is 5.13 Å². The third kappa shape index (κ3) is 3.98. The van der Waals surface area contributed by atoms with Crippen molar-refractivity contribution in [3.8, 4) is 11.3 Å². The number of hydrogen-bond donors (Lipinski definition) is 0. The van der Waals surface area contributed by atoms with Gasteiger partial charge in [-0.3, -0.25) is 9.78 Å². The minimum absolute atomic E-state index is 0.0467. The molecule has 0 spiro atoms. The van der Waals surface area contributed by atoms with E-state index in [9.17, 15) is 9.18 Å². The summed E-state index contributed by atoms with van der Waals surface area (Å²) in [7, 11) is 0. The zero-order valence-corrected chi connectivity index (χ0v) is 15.5. The first-order valence-corrected chi connectivity index (χ1v) is 9.74. The van der Waals surface area contributed by atoms with Crippen LogP contribution in [-0.2, 0) is 0 Å². The number of halogens is 1. The molecule has 1 saturated heterocycles. The molecular weight excluding hydrogens is 363 g/mol. The standard InChI is InChI=1S/C20H19FN4OS/c21-17-4-2-15(3-5-17)18-14-27-20(23-18)25-11-1-10-24(12-13-25)19(26)16-6-8-22-9-7-16/h2-9,14H,1,10-13H2. The van der Waals surface area contributed by atoms with E-state index >= 15 is 0 Å². The summed E-state index contributed by atoms with van der Waals surface area (Å²) in [5.74, 6) is -0.203. The summed E-state index contributed by atoms with van der Waals surface area (Å²) in [5.41, 5.74) is 2.43. The maximum absolute atomic E-state index is 13.1. The molecule has 0 atom stereocenters. The van der Waals surface area contributed by atoms with E-state index in [1.165, 1.54) is 12.1 Å². The number of benzene rings is 1. The van der Waals surface area contributed by atoms with E-state index in [1.54, 1.807) is 48.0 Å². The summed E-state index contributed by atoms with van der Waals surface area (Å²) in [6.45, 7) is 2.99. The molecule has 0 saturated carbocycles. The molecule has 0 N–H and O–H groups in total. The fourth-order valence-electron chi connectivity index (χ4n) is 3.15. The molecule has 1 aliphatic heterocycles. The number of nitrogens with zero attached hydrogens (tertiary/aromatic N) is 4. The van der Waals surface area contributed by atoms with Crippen molar-refractivity contribution in [2.24, 2.45) is 0 Å². The number of carbonyl (C=O) groups excluding carboxylic acids is 1. The maximum atomic E-state index is 13.1. The predicted molar refractivity (Wildman–Crippen MR) is 104 cm³/mol. The molecule has 138 valence electrons. The molecular formula is C20H19FN4OS. The van der Waals surface area contributed by atoms with Crippen LogP contribution in [-0.4, -0.2) is 47.0 Å². The first-order chi connectivity index (χ1) is 13.2. The Morgan fingerprint density at radius 1 is 1.00 bits per heavy atom. The van der Waals surface area contributed by atoms with E-state index in [0.29, 0.717) is 12.1 Å². The van der Waals surface area contributed by atoms with E-state index in [2.05, 4.69) is 9.88 Å². The molecule has 0 aliphatic carbocycles. The summed E-state index contributed by atoms with van der Waals surface area (Å²) in [6.07, 6.45) is 4.18. The Balaban J connectivity index is 1.44. The molecule has 3 heterocycles. The molecule has 7 heteroatoms. The van der Waals surface area contributed by atoms with Crippen molar-refractivity contribution in [2.75, 3.05) is 31.1 Å². The van der Waals surface area contributed by atoms with Crippen LogP contribution >= 0.6 is 11.3 Å². The zero-order valence-electron chi connectivity index (χ0n) is 14.7. The summed E-state index contributed by atoms with van der Waals surface area (Å²) in [4.78, 5) is 25.4. The lowest BCUT2D eigenvalue weighted by Crippen LogP contribution is -2.35. The number of pyridine rings is 1. The van der Waals surface area contributed by atoms with Crippen molar-refractivity contribution in [2.45, 2.75) is 6.42 Å². The molecule has 1 fully saturated rings. The number of carbonyl (C=O) groups is 1.